The maximum Gasteiger partial charge on any atom is 0.348 e. The Bertz CT molecular complexity index is 1100. The fraction of sp³-hybridized carbons (Fsp3) is 0.240. The second-order valence-corrected chi connectivity index (χ2v) is 7.31. The topological polar surface area (TPSA) is 94.9 Å². The Morgan fingerprint density at radius 2 is 1.67 bits per heavy atom. The molecule has 2 rings (SSSR count). The molecule has 8 heteroatoms. The zero-order valence-corrected chi connectivity index (χ0v) is 20.2. The summed E-state index contributed by atoms with van der Waals surface area (Å²) in [6.45, 7) is 6.31. The van der Waals surface area contributed by atoms with Gasteiger partial charge in [0, 0.05) is 16.1 Å². The van der Waals surface area contributed by atoms with Crippen molar-refractivity contribution in [3.05, 3.63) is 63.6 Å². The van der Waals surface area contributed by atoms with Gasteiger partial charge in [-0.3, -0.25) is 0 Å². The zero-order chi connectivity index (χ0) is 24.2. The number of nitrogens with zero attached hydrogens (tertiary/aromatic N) is 1. The highest BCUT2D eigenvalue weighted by Crippen LogP contribution is 2.30. The van der Waals surface area contributed by atoms with E-state index >= 15 is 0 Å². The Balaban J connectivity index is 2.24. The van der Waals surface area contributed by atoms with Crippen LogP contribution in [0.4, 0.5) is 0 Å². The highest BCUT2D eigenvalue weighted by Gasteiger charge is 2.13. The molecule has 0 saturated heterocycles. The van der Waals surface area contributed by atoms with Crippen molar-refractivity contribution in [1.82, 2.24) is 0 Å². The lowest BCUT2D eigenvalue weighted by Crippen LogP contribution is -2.07. The first-order valence-electron chi connectivity index (χ1n) is 10.3. The first-order valence-corrected chi connectivity index (χ1v) is 11.1. The molecule has 7 nitrogen and oxygen atoms in total. The van der Waals surface area contributed by atoms with Crippen molar-refractivity contribution >= 4 is 40.0 Å². The average molecular weight is 514 g/mol. The molecule has 0 fully saturated rings. The second kappa shape index (κ2) is 13.1. The molecule has 33 heavy (non-hydrogen) atoms. The number of rotatable bonds is 10. The Kier molecular flexibility index (Phi) is 10.2. The van der Waals surface area contributed by atoms with Gasteiger partial charge in [0.05, 0.1) is 19.8 Å². The maximum atomic E-state index is 12.4. The van der Waals surface area contributed by atoms with E-state index in [-0.39, 0.29) is 17.9 Å². The highest BCUT2D eigenvalue weighted by atomic mass is 79.9. The first-order chi connectivity index (χ1) is 15.9. The van der Waals surface area contributed by atoms with E-state index in [4.69, 9.17) is 18.9 Å². The van der Waals surface area contributed by atoms with Crippen LogP contribution in [-0.4, -0.2) is 31.8 Å². The van der Waals surface area contributed by atoms with Crippen LogP contribution in [0.5, 0.6) is 17.2 Å². The molecule has 2 aromatic carbocycles. The van der Waals surface area contributed by atoms with Crippen molar-refractivity contribution in [3.63, 3.8) is 0 Å². The lowest BCUT2D eigenvalue weighted by molar-refractivity contribution is -0.138. The molecule has 0 bridgehead atoms. The molecule has 0 aliphatic heterocycles. The van der Waals surface area contributed by atoms with E-state index in [2.05, 4.69) is 15.9 Å². The van der Waals surface area contributed by atoms with E-state index in [1.165, 1.54) is 18.2 Å². The number of carbonyl (C=O) groups is 2. The zero-order valence-electron chi connectivity index (χ0n) is 18.6. The third-order valence-electron chi connectivity index (χ3n) is 4.08. The quantitative estimate of drug-likeness (QED) is 0.183. The van der Waals surface area contributed by atoms with Gasteiger partial charge in [-0.15, -0.1) is 0 Å². The molecular formula is C25H24BrNO6. The molecular weight excluding hydrogens is 490 g/mol. The summed E-state index contributed by atoms with van der Waals surface area (Å²) in [6.07, 6.45) is 4.28. The van der Waals surface area contributed by atoms with Crippen molar-refractivity contribution in [2.24, 2.45) is 0 Å². The van der Waals surface area contributed by atoms with Crippen LogP contribution in [0.25, 0.3) is 12.2 Å². The molecule has 0 aromatic heterocycles. The lowest BCUT2D eigenvalue weighted by Gasteiger charge is -2.11. The predicted octanol–water partition coefficient (Wildman–Crippen LogP) is 5.34. The summed E-state index contributed by atoms with van der Waals surface area (Å²) in [5.74, 6) is -0.168. The Morgan fingerprint density at radius 1 is 0.970 bits per heavy atom. The fourth-order valence-electron chi connectivity index (χ4n) is 2.72. The molecule has 0 atom stereocenters. The number of hydrogen-bond acceptors (Lipinski definition) is 7. The Labute approximate surface area is 201 Å². The number of carbonyl (C=O) groups excluding carboxylic acids is 2. The van der Waals surface area contributed by atoms with Gasteiger partial charge in [-0.1, -0.05) is 22.0 Å². The van der Waals surface area contributed by atoms with E-state index in [0.29, 0.717) is 30.3 Å². The van der Waals surface area contributed by atoms with Crippen LogP contribution in [0.15, 0.2) is 52.5 Å². The predicted molar refractivity (Wildman–Crippen MR) is 128 cm³/mol. The minimum atomic E-state index is -0.711. The summed E-state index contributed by atoms with van der Waals surface area (Å²) in [5, 5.41) is 9.21. The Hall–Kier alpha value is -3.57. The van der Waals surface area contributed by atoms with Gasteiger partial charge in [-0.25, -0.2) is 9.59 Å². The standard InChI is InChI=1S/C25H24BrNO6/c1-4-30-21-11-9-20(26)15-18(21)8-12-24(28)33-22-10-7-17(14-23(22)31-5-2)13-19(16-27)25(29)32-6-3/h7-15H,4-6H2,1-3H3/b12-8+,19-13+. The molecule has 0 aliphatic rings. The van der Waals surface area contributed by atoms with E-state index in [9.17, 15) is 14.9 Å². The molecule has 0 aliphatic carbocycles. The minimum Gasteiger partial charge on any atom is -0.493 e. The number of ether oxygens (including phenoxy) is 4. The van der Waals surface area contributed by atoms with Gasteiger partial charge in [0.15, 0.2) is 11.5 Å². The van der Waals surface area contributed by atoms with Gasteiger partial charge < -0.3 is 18.9 Å². The van der Waals surface area contributed by atoms with Crippen molar-refractivity contribution in [2.45, 2.75) is 20.8 Å². The van der Waals surface area contributed by atoms with Crippen LogP contribution in [0, 0.1) is 11.3 Å². The molecule has 0 amide bonds. The number of benzene rings is 2. The minimum absolute atomic E-state index is 0.147. The van der Waals surface area contributed by atoms with Crippen LogP contribution in [-0.2, 0) is 14.3 Å². The largest absolute Gasteiger partial charge is 0.493 e. The molecule has 2 aromatic rings. The SMILES string of the molecule is CCOC(=O)/C(C#N)=C/c1ccc(OC(=O)/C=C/c2cc(Br)ccc2OCC)c(OCC)c1. The van der Waals surface area contributed by atoms with Crippen molar-refractivity contribution in [3.8, 4) is 23.3 Å². The molecule has 0 radical (unpaired) electrons. The van der Waals surface area contributed by atoms with Crippen molar-refractivity contribution in [2.75, 3.05) is 19.8 Å². The highest BCUT2D eigenvalue weighted by molar-refractivity contribution is 9.10. The van der Waals surface area contributed by atoms with Crippen LogP contribution < -0.4 is 14.2 Å². The van der Waals surface area contributed by atoms with Crippen molar-refractivity contribution in [1.29, 1.82) is 5.26 Å². The number of halogens is 1. The normalized spacial score (nSPS) is 11.1. The molecule has 0 spiro atoms. The molecule has 0 unspecified atom stereocenters. The summed E-state index contributed by atoms with van der Waals surface area (Å²) >= 11 is 3.41. The third kappa shape index (κ3) is 7.81. The van der Waals surface area contributed by atoms with Crippen LogP contribution in [0.3, 0.4) is 0 Å². The summed E-state index contributed by atoms with van der Waals surface area (Å²) in [7, 11) is 0. The monoisotopic (exact) mass is 513 g/mol. The van der Waals surface area contributed by atoms with Crippen LogP contribution in [0.1, 0.15) is 31.9 Å². The van der Waals surface area contributed by atoms with Gasteiger partial charge >= 0.3 is 11.9 Å². The summed E-state index contributed by atoms with van der Waals surface area (Å²) in [5.41, 5.74) is 1.09. The first kappa shape index (κ1) is 25.7. The van der Waals surface area contributed by atoms with Crippen LogP contribution >= 0.6 is 15.9 Å². The van der Waals surface area contributed by atoms with E-state index < -0.39 is 11.9 Å². The molecule has 0 heterocycles. The fourth-order valence-corrected chi connectivity index (χ4v) is 3.09. The number of hydrogen-bond donors (Lipinski definition) is 0. The van der Waals surface area contributed by atoms with Gasteiger partial charge in [-0.05, 0) is 68.8 Å². The number of esters is 2. The molecule has 0 saturated carbocycles. The summed E-state index contributed by atoms with van der Waals surface area (Å²) in [6, 6.07) is 12.0. The summed E-state index contributed by atoms with van der Waals surface area (Å²) in [4.78, 5) is 24.3. The van der Waals surface area contributed by atoms with Gasteiger partial charge in [0.25, 0.3) is 0 Å². The van der Waals surface area contributed by atoms with Crippen molar-refractivity contribution < 1.29 is 28.5 Å². The molecule has 172 valence electrons. The van der Waals surface area contributed by atoms with Gasteiger partial charge in [0.1, 0.15) is 17.4 Å². The van der Waals surface area contributed by atoms with Crippen LogP contribution in [0.2, 0.25) is 0 Å². The third-order valence-corrected chi connectivity index (χ3v) is 4.57. The summed E-state index contributed by atoms with van der Waals surface area (Å²) < 4.78 is 22.3. The van der Waals surface area contributed by atoms with E-state index in [1.54, 1.807) is 32.1 Å². The van der Waals surface area contributed by atoms with E-state index in [1.807, 2.05) is 31.2 Å². The van der Waals surface area contributed by atoms with E-state index in [0.717, 1.165) is 10.0 Å². The van der Waals surface area contributed by atoms with Gasteiger partial charge in [-0.2, -0.15) is 5.26 Å². The molecule has 0 N–H and O–H groups in total. The lowest BCUT2D eigenvalue weighted by atomic mass is 10.1. The Morgan fingerprint density at radius 3 is 2.33 bits per heavy atom. The maximum absolute atomic E-state index is 12.4. The smallest absolute Gasteiger partial charge is 0.348 e. The van der Waals surface area contributed by atoms with Gasteiger partial charge in [0.2, 0.25) is 0 Å². The number of nitriles is 1. The average Bonchev–Trinajstić information content (AvgIpc) is 2.79. The second-order valence-electron chi connectivity index (χ2n) is 6.40.